The maximum absolute atomic E-state index is 10.2. The normalized spacial score (nSPS) is 46.6. The molecular formula is C15H29NO11. The highest BCUT2D eigenvalue weighted by molar-refractivity contribution is 4.98. The number of hydrogen-bond donors (Lipinski definition) is 8. The van der Waals surface area contributed by atoms with E-state index in [1.54, 1.807) is 6.92 Å². The standard InChI is InChI=1S/C15H29NO11/c1-6(16)3-24-4-8-9(19)11(21)12(22)14(25-8)27-15(5-18)13(23)10(20)7(2-17)26-15/h6-14,17-23H,2-5,16H2,1H3/t6?,7-,8-,9-,10-,11+,12-,13+,14-,15+/m1/s1. The highest BCUT2D eigenvalue weighted by Gasteiger charge is 2.58. The van der Waals surface area contributed by atoms with E-state index < -0.39 is 68.0 Å². The number of aliphatic hydroxyl groups excluding tert-OH is 7. The summed E-state index contributed by atoms with van der Waals surface area (Å²) < 4.78 is 21.3. The summed E-state index contributed by atoms with van der Waals surface area (Å²) in [6, 6.07) is -0.273. The van der Waals surface area contributed by atoms with Crippen LogP contribution in [0.15, 0.2) is 0 Å². The van der Waals surface area contributed by atoms with Gasteiger partial charge in [-0.3, -0.25) is 0 Å². The summed E-state index contributed by atoms with van der Waals surface area (Å²) in [4.78, 5) is 0. The molecule has 9 N–H and O–H groups in total. The number of hydrogen-bond acceptors (Lipinski definition) is 12. The molecule has 12 nitrogen and oxygen atoms in total. The first-order chi connectivity index (χ1) is 12.7. The van der Waals surface area contributed by atoms with Crippen LogP contribution in [0.4, 0.5) is 0 Å². The maximum atomic E-state index is 10.2. The zero-order valence-corrected chi connectivity index (χ0v) is 14.9. The Morgan fingerprint density at radius 3 is 2.19 bits per heavy atom. The van der Waals surface area contributed by atoms with E-state index in [1.165, 1.54) is 0 Å². The molecule has 160 valence electrons. The molecule has 2 aliphatic heterocycles. The fourth-order valence-corrected chi connectivity index (χ4v) is 2.99. The summed E-state index contributed by atoms with van der Waals surface area (Å²) in [6.45, 7) is 0.0774. The average Bonchev–Trinajstić information content (AvgIpc) is 2.88. The molecule has 0 aromatic carbocycles. The van der Waals surface area contributed by atoms with Crippen LogP contribution >= 0.6 is 0 Å². The van der Waals surface area contributed by atoms with Crippen LogP contribution in [0.1, 0.15) is 6.92 Å². The molecule has 0 aromatic rings. The number of nitrogens with two attached hydrogens (primary N) is 1. The molecule has 2 rings (SSSR count). The Morgan fingerprint density at radius 1 is 1.00 bits per heavy atom. The van der Waals surface area contributed by atoms with Crippen molar-refractivity contribution in [3.63, 3.8) is 0 Å². The summed E-state index contributed by atoms with van der Waals surface area (Å²) in [5.41, 5.74) is 5.56. The molecule has 10 atom stereocenters. The second kappa shape index (κ2) is 9.35. The van der Waals surface area contributed by atoms with Crippen molar-refractivity contribution in [3.8, 4) is 0 Å². The summed E-state index contributed by atoms with van der Waals surface area (Å²) in [5.74, 6) is -2.21. The van der Waals surface area contributed by atoms with Gasteiger partial charge in [0.1, 0.15) is 49.3 Å². The third kappa shape index (κ3) is 4.75. The molecule has 0 amide bonds. The van der Waals surface area contributed by atoms with Gasteiger partial charge in [0.2, 0.25) is 5.79 Å². The van der Waals surface area contributed by atoms with Gasteiger partial charge in [-0.25, -0.2) is 0 Å². The van der Waals surface area contributed by atoms with Gasteiger partial charge in [0.05, 0.1) is 19.8 Å². The molecule has 0 bridgehead atoms. The Labute approximate surface area is 155 Å². The van der Waals surface area contributed by atoms with Gasteiger partial charge < -0.3 is 60.4 Å². The molecule has 2 heterocycles. The van der Waals surface area contributed by atoms with Crippen molar-refractivity contribution in [2.75, 3.05) is 26.4 Å². The molecule has 0 aromatic heterocycles. The van der Waals surface area contributed by atoms with Crippen LogP contribution in [0.2, 0.25) is 0 Å². The Morgan fingerprint density at radius 2 is 1.67 bits per heavy atom. The van der Waals surface area contributed by atoms with Crippen LogP contribution in [-0.4, -0.2) is 123 Å². The second-order valence-electron chi connectivity index (χ2n) is 6.89. The summed E-state index contributed by atoms with van der Waals surface area (Å²) in [6.07, 6.45) is -12.3. The van der Waals surface area contributed by atoms with Gasteiger partial charge in [-0.05, 0) is 6.92 Å². The second-order valence-corrected chi connectivity index (χ2v) is 6.89. The van der Waals surface area contributed by atoms with E-state index in [0.29, 0.717) is 0 Å². The molecule has 0 saturated carbocycles. The fourth-order valence-electron chi connectivity index (χ4n) is 2.99. The Hall–Kier alpha value is -0.480. The monoisotopic (exact) mass is 399 g/mol. The van der Waals surface area contributed by atoms with Gasteiger partial charge in [0.25, 0.3) is 0 Å². The van der Waals surface area contributed by atoms with E-state index in [4.69, 9.17) is 24.7 Å². The van der Waals surface area contributed by atoms with Crippen molar-refractivity contribution in [2.45, 2.75) is 67.8 Å². The van der Waals surface area contributed by atoms with Crippen molar-refractivity contribution in [1.29, 1.82) is 0 Å². The first-order valence-corrected chi connectivity index (χ1v) is 8.63. The van der Waals surface area contributed by atoms with Crippen LogP contribution in [-0.2, 0) is 18.9 Å². The molecular weight excluding hydrogens is 370 g/mol. The highest BCUT2D eigenvalue weighted by Crippen LogP contribution is 2.35. The van der Waals surface area contributed by atoms with E-state index in [1.807, 2.05) is 0 Å². The van der Waals surface area contributed by atoms with Crippen molar-refractivity contribution in [1.82, 2.24) is 0 Å². The fraction of sp³-hybridized carbons (Fsp3) is 1.00. The van der Waals surface area contributed by atoms with E-state index in [0.717, 1.165) is 0 Å². The van der Waals surface area contributed by atoms with Gasteiger partial charge in [0, 0.05) is 6.04 Å². The van der Waals surface area contributed by atoms with Crippen molar-refractivity contribution in [2.24, 2.45) is 5.73 Å². The van der Waals surface area contributed by atoms with Crippen LogP contribution in [0.3, 0.4) is 0 Å². The molecule has 2 saturated heterocycles. The summed E-state index contributed by atoms with van der Waals surface area (Å²) >= 11 is 0. The molecule has 0 radical (unpaired) electrons. The van der Waals surface area contributed by atoms with E-state index in [-0.39, 0.29) is 19.3 Å². The van der Waals surface area contributed by atoms with Crippen molar-refractivity contribution in [3.05, 3.63) is 0 Å². The minimum absolute atomic E-state index is 0.156. The van der Waals surface area contributed by atoms with Crippen LogP contribution in [0, 0.1) is 0 Å². The summed E-state index contributed by atoms with van der Waals surface area (Å²) in [5, 5.41) is 69.1. The SMILES string of the molecule is CC(N)COC[C@H]1O[C@H](O[C@]2(CO)O[C@H](CO)[C@@H](O)[C@@H]2O)[C@H](O)[C@@H](O)[C@@H]1O. The Bertz CT molecular complexity index is 469. The third-order valence-corrected chi connectivity index (χ3v) is 4.55. The molecule has 27 heavy (non-hydrogen) atoms. The van der Waals surface area contributed by atoms with Gasteiger partial charge in [0.15, 0.2) is 6.29 Å². The molecule has 1 unspecified atom stereocenters. The lowest BCUT2D eigenvalue weighted by molar-refractivity contribution is -0.384. The number of ether oxygens (including phenoxy) is 4. The lowest BCUT2D eigenvalue weighted by atomic mass is 9.99. The zero-order valence-electron chi connectivity index (χ0n) is 14.9. The van der Waals surface area contributed by atoms with Crippen LogP contribution in [0.5, 0.6) is 0 Å². The lowest BCUT2D eigenvalue weighted by Gasteiger charge is -2.43. The predicted molar refractivity (Wildman–Crippen MR) is 86.0 cm³/mol. The Kier molecular flexibility index (Phi) is 7.89. The van der Waals surface area contributed by atoms with Crippen molar-refractivity contribution < 1.29 is 54.7 Å². The van der Waals surface area contributed by atoms with Crippen LogP contribution in [0.25, 0.3) is 0 Å². The zero-order chi connectivity index (χ0) is 20.4. The van der Waals surface area contributed by atoms with Gasteiger partial charge in [-0.1, -0.05) is 0 Å². The molecule has 12 heteroatoms. The van der Waals surface area contributed by atoms with Gasteiger partial charge in [-0.15, -0.1) is 0 Å². The number of rotatable bonds is 8. The smallest absolute Gasteiger partial charge is 0.224 e. The largest absolute Gasteiger partial charge is 0.394 e. The minimum Gasteiger partial charge on any atom is -0.394 e. The van der Waals surface area contributed by atoms with Crippen LogP contribution < -0.4 is 5.73 Å². The van der Waals surface area contributed by atoms with E-state index in [2.05, 4.69) is 0 Å². The summed E-state index contributed by atoms with van der Waals surface area (Å²) in [7, 11) is 0. The van der Waals surface area contributed by atoms with Gasteiger partial charge in [-0.2, -0.15) is 0 Å². The molecule has 2 fully saturated rings. The van der Waals surface area contributed by atoms with E-state index >= 15 is 0 Å². The van der Waals surface area contributed by atoms with E-state index in [9.17, 15) is 35.7 Å². The Balaban J connectivity index is 2.10. The minimum atomic E-state index is -2.21. The predicted octanol–water partition coefficient (Wildman–Crippen LogP) is -5.02. The molecule has 0 aliphatic carbocycles. The first kappa shape index (κ1) is 22.8. The molecule has 0 spiro atoms. The molecule has 2 aliphatic rings. The topological polar surface area (TPSA) is 205 Å². The van der Waals surface area contributed by atoms with Gasteiger partial charge >= 0.3 is 0 Å². The maximum Gasteiger partial charge on any atom is 0.224 e. The third-order valence-electron chi connectivity index (χ3n) is 4.55. The number of aliphatic hydroxyl groups is 7. The highest BCUT2D eigenvalue weighted by atomic mass is 16.8. The average molecular weight is 399 g/mol. The quantitative estimate of drug-likeness (QED) is 0.193. The lowest BCUT2D eigenvalue weighted by Crippen LogP contribution is -2.62. The van der Waals surface area contributed by atoms with Crippen molar-refractivity contribution >= 4 is 0 Å². The first-order valence-electron chi connectivity index (χ1n) is 8.63.